The minimum absolute atomic E-state index is 0.0813. The maximum absolute atomic E-state index is 3.89. The maximum Gasteiger partial charge on any atom is 0.144 e. The first-order valence-corrected chi connectivity index (χ1v) is 8.74. The van der Waals surface area contributed by atoms with Crippen LogP contribution >= 0.6 is 32.1 Å². The van der Waals surface area contributed by atoms with Crippen molar-refractivity contribution >= 4 is 38.4 Å². The molecule has 3 unspecified atom stereocenters. The van der Waals surface area contributed by atoms with E-state index in [1.54, 1.807) is 0 Å². The topological polar surface area (TPSA) is 0 Å². The summed E-state index contributed by atoms with van der Waals surface area (Å²) in [7, 11) is 5.62. The van der Waals surface area contributed by atoms with Crippen LogP contribution in [-0.2, 0) is 0 Å². The van der Waals surface area contributed by atoms with Gasteiger partial charge in [0, 0.05) is 0 Å². The van der Waals surface area contributed by atoms with Crippen molar-refractivity contribution in [2.24, 2.45) is 0 Å². The first-order valence-electron chi connectivity index (χ1n) is 1.48. The third kappa shape index (κ3) is 3.64. The van der Waals surface area contributed by atoms with Crippen LogP contribution < -0.4 is 0 Å². The number of rotatable bonds is 1. The molecule has 0 bridgehead atoms. The van der Waals surface area contributed by atoms with Crippen LogP contribution in [0.2, 0.25) is 0 Å². The number of hydrogen-bond acceptors (Lipinski definition) is 0. The fraction of sp³-hybridized carbons (Fsp3) is 0.500. The van der Waals surface area contributed by atoms with Crippen LogP contribution in [0.15, 0.2) is 0 Å². The van der Waals surface area contributed by atoms with Gasteiger partial charge in [-0.1, -0.05) is 17.9 Å². The lowest BCUT2D eigenvalue weighted by atomic mass is 11.9. The molecule has 0 aromatic rings. The van der Waals surface area contributed by atoms with Gasteiger partial charge in [-0.05, 0) is 0 Å². The van der Waals surface area contributed by atoms with Crippen LogP contribution in [0, 0.1) is 0 Å². The molecule has 0 amide bonds. The van der Waals surface area contributed by atoms with Gasteiger partial charge in [-0.2, -0.15) is 0 Å². The molecule has 6 heavy (non-hydrogen) atoms. The van der Waals surface area contributed by atoms with E-state index in [0.717, 1.165) is 0 Å². The molecule has 0 aliphatic heterocycles. The normalized spacial score (nSPS) is 12.3. The Hall–Kier alpha value is 1.46. The quantitative estimate of drug-likeness (QED) is 0.513. The van der Waals surface area contributed by atoms with Crippen LogP contribution in [-0.4, -0.2) is 13.0 Å². The van der Waals surface area contributed by atoms with E-state index in [2.05, 4.69) is 30.8 Å². The van der Waals surface area contributed by atoms with Gasteiger partial charge >= 0.3 is 0 Å². The second kappa shape index (κ2) is 3.46. The molecule has 0 radical (unpaired) electrons. The summed E-state index contributed by atoms with van der Waals surface area (Å²) in [6, 6.07) is 0. The zero-order valence-electron chi connectivity index (χ0n) is 3.76. The predicted octanol–water partition coefficient (Wildman–Crippen LogP) is 2.51. The van der Waals surface area contributed by atoms with Gasteiger partial charge in [0.15, 0.2) is 0 Å². The van der Waals surface area contributed by atoms with Crippen molar-refractivity contribution < 1.29 is 0 Å². The minimum atomic E-state index is 0.0813. The van der Waals surface area contributed by atoms with E-state index in [0.29, 0.717) is 0 Å². The van der Waals surface area contributed by atoms with E-state index in [1.165, 1.54) is 0 Å². The van der Waals surface area contributed by atoms with E-state index in [4.69, 9.17) is 0 Å². The summed E-state index contributed by atoms with van der Waals surface area (Å²) in [5, 5.41) is 0. The molecule has 0 aromatic carbocycles. The van der Waals surface area contributed by atoms with Crippen LogP contribution in [0.1, 0.15) is 0 Å². The van der Waals surface area contributed by atoms with Gasteiger partial charge in [-0.25, -0.2) is 0 Å². The summed E-state index contributed by atoms with van der Waals surface area (Å²) in [6.45, 7) is 2.31. The number of hydrogen-bond donors (Lipinski definition) is 0. The zero-order valence-corrected chi connectivity index (χ0v) is 7.85. The second-order valence-corrected chi connectivity index (χ2v) is 14.3. The molecular weight excluding hydrogens is 148 g/mol. The third-order valence-electron chi connectivity index (χ3n) is 0.394. The first-order chi connectivity index (χ1) is 2.64. The Kier molecular flexibility index (Phi) is 4.30. The molecule has 0 N–H and O–H groups in total. The first kappa shape index (κ1) is 7.46. The summed E-state index contributed by atoms with van der Waals surface area (Å²) in [5.74, 6) is 0. The highest BCUT2D eigenvalue weighted by Crippen LogP contribution is 2.70. The van der Waals surface area contributed by atoms with Gasteiger partial charge in [0.05, 0.1) is 13.0 Å². The van der Waals surface area contributed by atoms with Crippen molar-refractivity contribution in [3.8, 4) is 0 Å². The van der Waals surface area contributed by atoms with Crippen molar-refractivity contribution in [1.29, 1.82) is 0 Å². The van der Waals surface area contributed by atoms with Crippen molar-refractivity contribution in [3.05, 3.63) is 0 Å². The zero-order chi connectivity index (χ0) is 5.15. The average Bonchev–Trinajstić information content (AvgIpc) is 1.36. The van der Waals surface area contributed by atoms with Gasteiger partial charge in [-0.15, -0.1) is 0 Å². The molecular formula is C2H9P4+. The molecule has 0 nitrogen and oxygen atoms in total. The fourth-order valence-corrected chi connectivity index (χ4v) is 0. The largest absolute Gasteiger partial charge is 0.144 e. The third-order valence-corrected chi connectivity index (χ3v) is 10.6. The van der Waals surface area contributed by atoms with E-state index in [9.17, 15) is 0 Å². The molecule has 0 aromatic heterocycles. The summed E-state index contributed by atoms with van der Waals surface area (Å²) >= 11 is 0. The molecule has 0 aliphatic carbocycles. The SMILES string of the molecule is C=[P+](C)P(P)P. The highest BCUT2D eigenvalue weighted by Gasteiger charge is 2.01. The van der Waals surface area contributed by atoms with Crippen LogP contribution in [0.4, 0.5) is 0 Å². The molecule has 0 spiro atoms. The van der Waals surface area contributed by atoms with Crippen molar-refractivity contribution in [2.75, 3.05) is 6.66 Å². The van der Waals surface area contributed by atoms with Crippen LogP contribution in [0.3, 0.4) is 0 Å². The second-order valence-electron chi connectivity index (χ2n) is 1.04. The Balaban J connectivity index is 3.26. The fourth-order valence-electron chi connectivity index (χ4n) is 0. The molecule has 0 saturated carbocycles. The Morgan fingerprint density at radius 1 is 1.67 bits per heavy atom. The molecule has 0 saturated heterocycles. The molecule has 36 valence electrons. The predicted molar refractivity (Wildman–Crippen MR) is 46.3 cm³/mol. The lowest BCUT2D eigenvalue weighted by Crippen LogP contribution is -1.31. The molecule has 0 fully saturated rings. The van der Waals surface area contributed by atoms with Gasteiger partial charge < -0.3 is 0 Å². The lowest BCUT2D eigenvalue weighted by Gasteiger charge is -1.84. The summed E-state index contributed by atoms with van der Waals surface area (Å²) in [6.07, 6.45) is 3.89. The average molecular weight is 157 g/mol. The molecule has 0 aliphatic rings. The Labute approximate surface area is 45.7 Å². The smallest absolute Gasteiger partial charge is 0.0578 e. The summed E-state index contributed by atoms with van der Waals surface area (Å²) in [5.41, 5.74) is 0. The summed E-state index contributed by atoms with van der Waals surface area (Å²) in [4.78, 5) is 0. The van der Waals surface area contributed by atoms with Gasteiger partial charge in [-0.3, -0.25) is 0 Å². The highest BCUT2D eigenvalue weighted by molar-refractivity contribution is 8.71. The van der Waals surface area contributed by atoms with Gasteiger partial charge in [0.1, 0.15) is 14.2 Å². The highest BCUT2D eigenvalue weighted by atomic mass is 32.7. The maximum atomic E-state index is 3.89. The molecule has 4 heteroatoms. The van der Waals surface area contributed by atoms with E-state index in [-0.39, 0.29) is 14.2 Å². The molecule has 0 rings (SSSR count). The van der Waals surface area contributed by atoms with E-state index in [1.807, 2.05) is 0 Å². The summed E-state index contributed by atoms with van der Waals surface area (Å²) < 4.78 is 0. The Morgan fingerprint density at radius 2 is 1.83 bits per heavy atom. The van der Waals surface area contributed by atoms with Gasteiger partial charge in [0.25, 0.3) is 0 Å². The lowest BCUT2D eigenvalue weighted by molar-refractivity contribution is 2.50. The van der Waals surface area contributed by atoms with Gasteiger partial charge in [0.2, 0.25) is 0 Å². The molecule has 0 heterocycles. The van der Waals surface area contributed by atoms with E-state index < -0.39 is 0 Å². The Bertz CT molecular complexity index is 56.6. The van der Waals surface area contributed by atoms with Crippen molar-refractivity contribution in [3.63, 3.8) is 0 Å². The van der Waals surface area contributed by atoms with E-state index >= 15 is 0 Å². The standard InChI is InChI=1S/C2H9P4/c1-5(2)6(3)4/h1,3-4H2,2H3/q+1. The monoisotopic (exact) mass is 157 g/mol. The van der Waals surface area contributed by atoms with Crippen molar-refractivity contribution in [2.45, 2.75) is 0 Å². The van der Waals surface area contributed by atoms with Crippen LogP contribution in [0.25, 0.3) is 0 Å². The van der Waals surface area contributed by atoms with Crippen molar-refractivity contribution in [1.82, 2.24) is 0 Å². The Morgan fingerprint density at radius 3 is 1.83 bits per heavy atom. The minimum Gasteiger partial charge on any atom is -0.0578 e. The van der Waals surface area contributed by atoms with Crippen LogP contribution in [0.5, 0.6) is 0 Å². The molecule has 3 atom stereocenters.